The number of anilines is 1. The van der Waals surface area contributed by atoms with Crippen molar-refractivity contribution in [3.8, 4) is 0 Å². The van der Waals surface area contributed by atoms with Gasteiger partial charge >= 0.3 is 0 Å². The molecule has 3 aromatic rings. The molecule has 0 saturated carbocycles. The normalized spacial score (nSPS) is 11.4. The summed E-state index contributed by atoms with van der Waals surface area (Å²) in [6.45, 7) is 9.07. The summed E-state index contributed by atoms with van der Waals surface area (Å²) in [5, 5.41) is 9.57. The van der Waals surface area contributed by atoms with Crippen LogP contribution in [0.2, 0.25) is 0 Å². The maximum Gasteiger partial charge on any atom is 0.268 e. The molecule has 1 amide bonds. The Morgan fingerprint density at radius 3 is 2.13 bits per heavy atom. The van der Waals surface area contributed by atoms with E-state index in [1.165, 1.54) is 0 Å². The summed E-state index contributed by atoms with van der Waals surface area (Å²) in [4.78, 5) is 12.9. The molecule has 0 atom stereocenters. The Morgan fingerprint density at radius 1 is 0.968 bits per heavy atom. The lowest BCUT2D eigenvalue weighted by atomic mass is 10.1. The van der Waals surface area contributed by atoms with E-state index in [-0.39, 0.29) is 17.3 Å². The van der Waals surface area contributed by atoms with Crippen LogP contribution in [0.4, 0.5) is 5.69 Å². The summed E-state index contributed by atoms with van der Waals surface area (Å²) >= 11 is 0. The van der Waals surface area contributed by atoms with Crippen molar-refractivity contribution in [2.75, 3.05) is 10.8 Å². The number of nitrogens with one attached hydrogen (secondary N) is 2. The van der Waals surface area contributed by atoms with Gasteiger partial charge in [0.2, 0.25) is 5.91 Å². The van der Waals surface area contributed by atoms with Gasteiger partial charge in [-0.2, -0.15) is 5.10 Å². The second kappa shape index (κ2) is 8.93. The van der Waals surface area contributed by atoms with Crippen molar-refractivity contribution < 1.29 is 13.2 Å². The van der Waals surface area contributed by atoms with Crippen LogP contribution in [-0.2, 0) is 21.4 Å². The molecule has 1 heterocycles. The molecule has 3 rings (SSSR count). The first-order valence-electron chi connectivity index (χ1n) is 10.0. The van der Waals surface area contributed by atoms with Crippen LogP contribution in [0.3, 0.4) is 0 Å². The van der Waals surface area contributed by atoms with Crippen molar-refractivity contribution >= 4 is 21.6 Å². The molecule has 0 radical (unpaired) electrons. The number of sulfonamides is 1. The third-order valence-electron chi connectivity index (χ3n) is 5.00. The average molecular weight is 441 g/mol. The minimum absolute atomic E-state index is 0.0954. The molecule has 8 heteroatoms. The van der Waals surface area contributed by atoms with E-state index >= 15 is 0 Å². The first-order chi connectivity index (χ1) is 14.6. The predicted octanol–water partition coefficient (Wildman–Crippen LogP) is 3.46. The quantitative estimate of drug-likeness (QED) is 0.588. The van der Waals surface area contributed by atoms with Gasteiger partial charge in [-0.3, -0.25) is 14.2 Å². The minimum atomic E-state index is -4.01. The van der Waals surface area contributed by atoms with E-state index in [4.69, 9.17) is 0 Å². The van der Waals surface area contributed by atoms with E-state index < -0.39 is 10.0 Å². The van der Waals surface area contributed by atoms with Crippen LogP contribution in [0.15, 0.2) is 47.4 Å². The van der Waals surface area contributed by atoms with Crippen LogP contribution in [0.1, 0.15) is 33.6 Å². The third kappa shape index (κ3) is 5.14. The Kier molecular flexibility index (Phi) is 6.50. The highest BCUT2D eigenvalue weighted by atomic mass is 32.2. The number of carbonyl (C=O) groups is 1. The highest BCUT2D eigenvalue weighted by Gasteiger charge is 2.31. The van der Waals surface area contributed by atoms with E-state index in [0.717, 1.165) is 26.6 Å². The van der Waals surface area contributed by atoms with Crippen molar-refractivity contribution in [3.05, 3.63) is 76.1 Å². The van der Waals surface area contributed by atoms with Gasteiger partial charge in [0, 0.05) is 6.54 Å². The second-order valence-electron chi connectivity index (χ2n) is 7.88. The molecular formula is C23H28N4O3S. The number of aryl methyl sites for hydroxylation is 5. The Labute approximate surface area is 183 Å². The molecule has 0 saturated heterocycles. The zero-order valence-corrected chi connectivity index (χ0v) is 19.3. The lowest BCUT2D eigenvalue weighted by molar-refractivity contribution is -0.119. The smallest absolute Gasteiger partial charge is 0.268 e. The van der Waals surface area contributed by atoms with E-state index in [0.29, 0.717) is 23.6 Å². The number of benzene rings is 2. The summed E-state index contributed by atoms with van der Waals surface area (Å²) in [7, 11) is -4.01. The highest BCUT2D eigenvalue weighted by Crippen LogP contribution is 2.28. The number of amides is 1. The van der Waals surface area contributed by atoms with Crippen molar-refractivity contribution in [3.63, 3.8) is 0 Å². The molecular weight excluding hydrogens is 412 g/mol. The van der Waals surface area contributed by atoms with Crippen LogP contribution in [0.25, 0.3) is 0 Å². The summed E-state index contributed by atoms with van der Waals surface area (Å²) in [5.41, 5.74) is 5.16. The molecule has 0 fully saturated rings. The molecule has 2 N–H and O–H groups in total. The zero-order valence-electron chi connectivity index (χ0n) is 18.5. The van der Waals surface area contributed by atoms with Gasteiger partial charge in [-0.1, -0.05) is 35.9 Å². The van der Waals surface area contributed by atoms with E-state index in [1.807, 2.05) is 51.1 Å². The number of H-pyrrole nitrogens is 1. The monoisotopic (exact) mass is 440 g/mol. The Balaban J connectivity index is 1.92. The van der Waals surface area contributed by atoms with E-state index in [9.17, 15) is 13.2 Å². The SMILES string of the molecule is Cc1ccc(CNC(=O)CN(c2cc(C)cc(C)c2)S(=O)(=O)c2c(C)n[nH]c2C)cc1. The molecule has 2 aromatic carbocycles. The lowest BCUT2D eigenvalue weighted by Crippen LogP contribution is -2.41. The molecule has 164 valence electrons. The van der Waals surface area contributed by atoms with Gasteiger partial charge in [-0.25, -0.2) is 8.42 Å². The summed E-state index contributed by atoms with van der Waals surface area (Å²) in [5.74, 6) is -0.387. The fourth-order valence-electron chi connectivity index (χ4n) is 3.53. The number of hydrogen-bond acceptors (Lipinski definition) is 4. The predicted molar refractivity (Wildman–Crippen MR) is 122 cm³/mol. The van der Waals surface area contributed by atoms with Gasteiger partial charge in [0.1, 0.15) is 11.4 Å². The van der Waals surface area contributed by atoms with Gasteiger partial charge in [-0.15, -0.1) is 0 Å². The fraction of sp³-hybridized carbons (Fsp3) is 0.304. The molecule has 0 aliphatic carbocycles. The molecule has 31 heavy (non-hydrogen) atoms. The molecule has 7 nitrogen and oxygen atoms in total. The maximum atomic E-state index is 13.6. The van der Waals surface area contributed by atoms with Crippen molar-refractivity contribution in [2.24, 2.45) is 0 Å². The number of nitrogens with zero attached hydrogens (tertiary/aromatic N) is 2. The van der Waals surface area contributed by atoms with Crippen LogP contribution in [0, 0.1) is 34.6 Å². The van der Waals surface area contributed by atoms with Crippen molar-refractivity contribution in [1.29, 1.82) is 0 Å². The topological polar surface area (TPSA) is 95.2 Å². The average Bonchev–Trinajstić information content (AvgIpc) is 3.03. The van der Waals surface area contributed by atoms with Gasteiger partial charge < -0.3 is 5.32 Å². The number of hydrogen-bond donors (Lipinski definition) is 2. The lowest BCUT2D eigenvalue weighted by Gasteiger charge is -2.25. The Bertz CT molecular complexity index is 1160. The molecule has 0 unspecified atom stereocenters. The zero-order chi connectivity index (χ0) is 22.8. The van der Waals surface area contributed by atoms with Gasteiger partial charge in [0.15, 0.2) is 0 Å². The first kappa shape index (κ1) is 22.6. The Hall–Kier alpha value is -3.13. The number of rotatable bonds is 7. The van der Waals surface area contributed by atoms with Crippen molar-refractivity contribution in [2.45, 2.75) is 46.1 Å². The van der Waals surface area contributed by atoms with E-state index in [2.05, 4.69) is 15.5 Å². The van der Waals surface area contributed by atoms with Gasteiger partial charge in [-0.05, 0) is 63.4 Å². The maximum absolute atomic E-state index is 13.6. The number of aromatic amines is 1. The van der Waals surface area contributed by atoms with Crippen LogP contribution < -0.4 is 9.62 Å². The molecule has 0 aliphatic rings. The summed E-state index contributed by atoms with van der Waals surface area (Å²) < 4.78 is 28.3. The second-order valence-corrected chi connectivity index (χ2v) is 9.68. The third-order valence-corrected chi connectivity index (χ3v) is 7.04. The van der Waals surface area contributed by atoms with Crippen LogP contribution in [0.5, 0.6) is 0 Å². The fourth-order valence-corrected chi connectivity index (χ4v) is 5.28. The van der Waals surface area contributed by atoms with Crippen molar-refractivity contribution in [1.82, 2.24) is 15.5 Å². The van der Waals surface area contributed by atoms with Crippen LogP contribution in [-0.4, -0.2) is 31.1 Å². The molecule has 0 bridgehead atoms. The summed E-state index contributed by atoms with van der Waals surface area (Å²) in [6, 6.07) is 13.3. The highest BCUT2D eigenvalue weighted by molar-refractivity contribution is 7.93. The molecule has 0 aliphatic heterocycles. The Morgan fingerprint density at radius 2 is 1.58 bits per heavy atom. The molecule has 0 spiro atoms. The minimum Gasteiger partial charge on any atom is -0.350 e. The van der Waals surface area contributed by atoms with E-state index in [1.54, 1.807) is 26.0 Å². The number of aromatic nitrogens is 2. The van der Waals surface area contributed by atoms with Crippen LogP contribution >= 0.6 is 0 Å². The standard InChI is InChI=1S/C23H28N4O3S/c1-15-6-8-20(9-7-15)13-24-22(28)14-27(21-11-16(2)10-17(3)12-21)31(29,30)23-18(4)25-26-19(23)5/h6-12H,13-14H2,1-5H3,(H,24,28)(H,25,26). The van der Waals surface area contributed by atoms with Gasteiger partial charge in [0.25, 0.3) is 10.0 Å². The first-order valence-corrected chi connectivity index (χ1v) is 11.5. The van der Waals surface area contributed by atoms with Gasteiger partial charge in [0.05, 0.1) is 17.1 Å². The molecule has 1 aromatic heterocycles. The summed E-state index contributed by atoms with van der Waals surface area (Å²) in [6.07, 6.45) is 0. The largest absolute Gasteiger partial charge is 0.350 e. The number of carbonyl (C=O) groups excluding carboxylic acids is 1.